The number of rotatable bonds is 4. The van der Waals surface area contributed by atoms with Gasteiger partial charge in [-0.2, -0.15) is 0 Å². The zero-order valence-electron chi connectivity index (χ0n) is 10.5. The summed E-state index contributed by atoms with van der Waals surface area (Å²) in [7, 11) is 1.74. The molecule has 0 bridgehead atoms. The number of likely N-dealkylation sites (tertiary alicyclic amines) is 1. The van der Waals surface area contributed by atoms with Crippen molar-refractivity contribution in [3.8, 4) is 0 Å². The third kappa shape index (κ3) is 2.33. The van der Waals surface area contributed by atoms with Gasteiger partial charge in [0.2, 0.25) is 5.91 Å². The second-order valence-electron chi connectivity index (χ2n) is 4.91. The Hall–Kier alpha value is -0.570. The van der Waals surface area contributed by atoms with Gasteiger partial charge >= 0.3 is 0 Å². The molecule has 1 aliphatic rings. The Bertz CT molecular complexity index is 228. The molecule has 3 heteroatoms. The second-order valence-corrected chi connectivity index (χ2v) is 4.91. The van der Waals surface area contributed by atoms with E-state index in [2.05, 4.69) is 31.0 Å². The molecule has 1 fully saturated rings. The molecule has 1 saturated heterocycles. The summed E-state index contributed by atoms with van der Waals surface area (Å²) in [5.41, 5.74) is -0.223. The van der Waals surface area contributed by atoms with Gasteiger partial charge in [0.15, 0.2) is 0 Å². The van der Waals surface area contributed by atoms with Crippen molar-refractivity contribution < 1.29 is 4.79 Å². The van der Waals surface area contributed by atoms with Crippen LogP contribution in [0.1, 0.15) is 40.0 Å². The van der Waals surface area contributed by atoms with E-state index in [1.807, 2.05) is 0 Å². The van der Waals surface area contributed by atoms with Crippen LogP contribution in [0.15, 0.2) is 0 Å². The van der Waals surface area contributed by atoms with Gasteiger partial charge in [0, 0.05) is 13.6 Å². The molecule has 1 atom stereocenters. The lowest BCUT2D eigenvalue weighted by molar-refractivity contribution is -0.132. The summed E-state index contributed by atoms with van der Waals surface area (Å²) >= 11 is 0. The highest BCUT2D eigenvalue weighted by Gasteiger charge is 2.45. The third-order valence-electron chi connectivity index (χ3n) is 3.44. The molecule has 0 aliphatic carbocycles. The summed E-state index contributed by atoms with van der Waals surface area (Å²) in [4.78, 5) is 14.4. The zero-order valence-corrected chi connectivity index (χ0v) is 10.5. The van der Waals surface area contributed by atoms with E-state index in [-0.39, 0.29) is 11.4 Å². The molecule has 0 unspecified atom stereocenters. The van der Waals surface area contributed by atoms with E-state index >= 15 is 0 Å². The van der Waals surface area contributed by atoms with E-state index in [4.69, 9.17) is 0 Å². The summed E-state index contributed by atoms with van der Waals surface area (Å²) in [5, 5.41) is 2.82. The lowest BCUT2D eigenvalue weighted by atomic mass is 9.91. The predicted molar refractivity (Wildman–Crippen MR) is 62.7 cm³/mol. The zero-order chi connectivity index (χ0) is 11.5. The van der Waals surface area contributed by atoms with E-state index in [0.29, 0.717) is 5.92 Å². The van der Waals surface area contributed by atoms with Crippen LogP contribution in [0, 0.1) is 5.92 Å². The van der Waals surface area contributed by atoms with E-state index in [1.165, 1.54) is 0 Å². The van der Waals surface area contributed by atoms with Crippen LogP contribution in [0.3, 0.4) is 0 Å². The molecule has 0 radical (unpaired) electrons. The maximum Gasteiger partial charge on any atom is 0.240 e. The number of hydrogen-bond donors (Lipinski definition) is 1. The summed E-state index contributed by atoms with van der Waals surface area (Å²) in [5.74, 6) is 0.821. The number of nitrogens with one attached hydrogen (secondary N) is 1. The normalized spacial score (nSPS) is 27.3. The molecule has 1 N–H and O–H groups in total. The molecule has 1 rings (SSSR count). The molecule has 0 aromatic heterocycles. The van der Waals surface area contributed by atoms with Crippen LogP contribution >= 0.6 is 0 Å². The molecular weight excluding hydrogens is 188 g/mol. The van der Waals surface area contributed by atoms with Crippen molar-refractivity contribution in [1.29, 1.82) is 0 Å². The minimum atomic E-state index is -0.223. The minimum absolute atomic E-state index is 0.197. The van der Waals surface area contributed by atoms with Gasteiger partial charge in [-0.25, -0.2) is 0 Å². The lowest BCUT2D eigenvalue weighted by Gasteiger charge is -2.37. The minimum Gasteiger partial charge on any atom is -0.358 e. The summed E-state index contributed by atoms with van der Waals surface area (Å²) in [6, 6.07) is 0. The Morgan fingerprint density at radius 1 is 1.53 bits per heavy atom. The molecule has 0 aromatic rings. The number of amides is 1. The van der Waals surface area contributed by atoms with E-state index in [1.54, 1.807) is 7.05 Å². The summed E-state index contributed by atoms with van der Waals surface area (Å²) in [6.45, 7) is 8.64. The SMILES string of the molecule is CC[C@]1(C(=O)NC)CCCN1CC(C)C. The van der Waals surface area contributed by atoms with Crippen LogP contribution < -0.4 is 5.32 Å². The quantitative estimate of drug-likeness (QED) is 0.768. The van der Waals surface area contributed by atoms with Gasteiger partial charge < -0.3 is 5.32 Å². The molecule has 88 valence electrons. The van der Waals surface area contributed by atoms with Gasteiger partial charge in [-0.3, -0.25) is 9.69 Å². The van der Waals surface area contributed by atoms with E-state index in [9.17, 15) is 4.79 Å². The average molecular weight is 212 g/mol. The van der Waals surface area contributed by atoms with Crippen molar-refractivity contribution in [2.75, 3.05) is 20.1 Å². The van der Waals surface area contributed by atoms with Crippen molar-refractivity contribution in [1.82, 2.24) is 10.2 Å². The Balaban J connectivity index is 2.81. The highest BCUT2D eigenvalue weighted by atomic mass is 16.2. The fourth-order valence-corrected chi connectivity index (χ4v) is 2.69. The first-order valence-corrected chi connectivity index (χ1v) is 6.04. The number of carbonyl (C=O) groups is 1. The van der Waals surface area contributed by atoms with Gasteiger partial charge in [0.05, 0.1) is 0 Å². The first kappa shape index (κ1) is 12.5. The number of hydrogen-bond acceptors (Lipinski definition) is 2. The predicted octanol–water partition coefficient (Wildman–Crippen LogP) is 1.63. The highest BCUT2D eigenvalue weighted by Crippen LogP contribution is 2.33. The molecule has 0 spiro atoms. The van der Waals surface area contributed by atoms with Crippen LogP contribution in [0.2, 0.25) is 0 Å². The van der Waals surface area contributed by atoms with Crippen LogP contribution in [-0.4, -0.2) is 36.5 Å². The summed E-state index contributed by atoms with van der Waals surface area (Å²) in [6.07, 6.45) is 3.07. The number of likely N-dealkylation sites (N-methyl/N-ethyl adjacent to an activating group) is 1. The standard InChI is InChI=1S/C12H24N2O/c1-5-12(11(15)13-4)7-6-8-14(12)9-10(2)3/h10H,5-9H2,1-4H3,(H,13,15)/t12-/m1/s1. The van der Waals surface area contributed by atoms with Gasteiger partial charge in [-0.05, 0) is 31.7 Å². The third-order valence-corrected chi connectivity index (χ3v) is 3.44. The first-order chi connectivity index (χ1) is 7.06. The van der Waals surface area contributed by atoms with E-state index in [0.717, 1.165) is 32.4 Å². The Morgan fingerprint density at radius 2 is 2.20 bits per heavy atom. The maximum absolute atomic E-state index is 12.0. The van der Waals surface area contributed by atoms with Gasteiger partial charge in [-0.15, -0.1) is 0 Å². The molecule has 0 aromatic carbocycles. The Morgan fingerprint density at radius 3 is 2.67 bits per heavy atom. The monoisotopic (exact) mass is 212 g/mol. The highest BCUT2D eigenvalue weighted by molar-refractivity contribution is 5.86. The molecule has 3 nitrogen and oxygen atoms in total. The fraction of sp³-hybridized carbons (Fsp3) is 0.917. The molecule has 1 amide bonds. The molecular formula is C12H24N2O. The Labute approximate surface area is 93.2 Å². The van der Waals surface area contributed by atoms with Crippen molar-refractivity contribution >= 4 is 5.91 Å². The second kappa shape index (κ2) is 4.97. The molecule has 1 aliphatic heterocycles. The van der Waals surface area contributed by atoms with Crippen molar-refractivity contribution in [3.05, 3.63) is 0 Å². The fourth-order valence-electron chi connectivity index (χ4n) is 2.69. The van der Waals surface area contributed by atoms with Crippen LogP contribution in [0.5, 0.6) is 0 Å². The first-order valence-electron chi connectivity index (χ1n) is 6.04. The smallest absolute Gasteiger partial charge is 0.240 e. The van der Waals surface area contributed by atoms with Crippen molar-refractivity contribution in [2.45, 2.75) is 45.6 Å². The topological polar surface area (TPSA) is 32.3 Å². The van der Waals surface area contributed by atoms with Crippen LogP contribution in [0.4, 0.5) is 0 Å². The van der Waals surface area contributed by atoms with Crippen LogP contribution in [0.25, 0.3) is 0 Å². The van der Waals surface area contributed by atoms with Gasteiger partial charge in [0.1, 0.15) is 5.54 Å². The van der Waals surface area contributed by atoms with Crippen molar-refractivity contribution in [3.63, 3.8) is 0 Å². The maximum atomic E-state index is 12.0. The van der Waals surface area contributed by atoms with Crippen LogP contribution in [-0.2, 0) is 4.79 Å². The molecule has 15 heavy (non-hydrogen) atoms. The largest absolute Gasteiger partial charge is 0.358 e. The average Bonchev–Trinajstić information content (AvgIpc) is 2.60. The lowest BCUT2D eigenvalue weighted by Crippen LogP contribution is -2.55. The van der Waals surface area contributed by atoms with Gasteiger partial charge in [-0.1, -0.05) is 20.8 Å². The number of carbonyl (C=O) groups excluding carboxylic acids is 1. The Kier molecular flexibility index (Phi) is 4.14. The van der Waals surface area contributed by atoms with Gasteiger partial charge in [0.25, 0.3) is 0 Å². The molecule has 1 heterocycles. The summed E-state index contributed by atoms with van der Waals surface area (Å²) < 4.78 is 0. The van der Waals surface area contributed by atoms with Crippen molar-refractivity contribution in [2.24, 2.45) is 5.92 Å². The molecule has 0 saturated carbocycles. The number of nitrogens with zero attached hydrogens (tertiary/aromatic N) is 1. The van der Waals surface area contributed by atoms with E-state index < -0.39 is 0 Å².